The molecule has 3 rings (SSSR count). The molecule has 0 spiro atoms. The lowest BCUT2D eigenvalue weighted by atomic mass is 9.95. The average Bonchev–Trinajstić information content (AvgIpc) is 2.87. The van der Waals surface area contributed by atoms with E-state index >= 15 is 0 Å². The molecule has 2 aromatic carbocycles. The Morgan fingerprint density at radius 3 is 2.45 bits per heavy atom. The number of benzene rings is 2. The number of amides is 2. The lowest BCUT2D eigenvalue weighted by molar-refractivity contribution is -0.140. The number of nitrogens with zero attached hydrogens (tertiary/aromatic N) is 2. The molecule has 0 heterocycles. The first-order chi connectivity index (χ1) is 18.0. The molecule has 0 bridgehead atoms. The van der Waals surface area contributed by atoms with Crippen molar-refractivity contribution in [2.24, 2.45) is 0 Å². The number of halogens is 1. The molecular formula is C28H38ClN3O5S. The van der Waals surface area contributed by atoms with Crippen molar-refractivity contribution >= 4 is 39.1 Å². The molecule has 1 aliphatic carbocycles. The molecule has 1 atom stereocenters. The zero-order valence-electron chi connectivity index (χ0n) is 22.6. The summed E-state index contributed by atoms with van der Waals surface area (Å²) in [6.45, 7) is 3.48. The SMILES string of the molecule is CC[C@H](C(=O)NC1CCCCC1)N(Cc1cccc(C)c1)C(=O)CN(c1cc(Cl)ccc1OC)S(C)(=O)=O. The summed E-state index contributed by atoms with van der Waals surface area (Å²) in [7, 11) is -2.49. The first kappa shape index (κ1) is 29.8. The number of aryl methyl sites for hydroxylation is 1. The number of nitrogens with one attached hydrogen (secondary N) is 1. The van der Waals surface area contributed by atoms with Crippen LogP contribution in [0.2, 0.25) is 5.02 Å². The number of ether oxygens (including phenoxy) is 1. The van der Waals surface area contributed by atoms with E-state index in [0.29, 0.717) is 11.4 Å². The van der Waals surface area contributed by atoms with Crippen LogP contribution in [0.5, 0.6) is 5.75 Å². The molecule has 2 amide bonds. The maximum atomic E-state index is 13.9. The third-order valence-corrected chi connectivity index (χ3v) is 8.22. The number of methoxy groups -OCH3 is 1. The van der Waals surface area contributed by atoms with Gasteiger partial charge in [0.1, 0.15) is 18.3 Å². The number of sulfonamides is 1. The van der Waals surface area contributed by atoms with Crippen LogP contribution in [0.4, 0.5) is 5.69 Å². The number of anilines is 1. The van der Waals surface area contributed by atoms with Crippen LogP contribution in [-0.2, 0) is 26.2 Å². The fourth-order valence-corrected chi connectivity index (χ4v) is 5.94. The molecule has 208 valence electrons. The van der Waals surface area contributed by atoms with E-state index in [2.05, 4.69) is 5.32 Å². The van der Waals surface area contributed by atoms with Crippen LogP contribution in [0, 0.1) is 6.92 Å². The highest BCUT2D eigenvalue weighted by Crippen LogP contribution is 2.33. The number of carbonyl (C=O) groups is 2. The monoisotopic (exact) mass is 563 g/mol. The molecule has 1 aliphatic rings. The zero-order chi connectivity index (χ0) is 27.9. The molecule has 10 heteroatoms. The lowest BCUT2D eigenvalue weighted by Gasteiger charge is -2.34. The van der Waals surface area contributed by atoms with Crippen molar-refractivity contribution in [3.8, 4) is 5.75 Å². The molecule has 0 aromatic heterocycles. The second-order valence-corrected chi connectivity index (χ2v) is 12.2. The Bertz CT molecular complexity index is 1230. The highest BCUT2D eigenvalue weighted by atomic mass is 35.5. The molecule has 0 aliphatic heterocycles. The highest BCUT2D eigenvalue weighted by molar-refractivity contribution is 7.92. The van der Waals surface area contributed by atoms with Crippen molar-refractivity contribution in [2.75, 3.05) is 24.2 Å². The Kier molecular flexibility index (Phi) is 10.4. The molecule has 1 saturated carbocycles. The van der Waals surface area contributed by atoms with Gasteiger partial charge in [-0.2, -0.15) is 0 Å². The normalized spacial score (nSPS) is 15.0. The summed E-state index contributed by atoms with van der Waals surface area (Å²) in [5.74, 6) is -0.448. The van der Waals surface area contributed by atoms with Crippen LogP contribution in [0.3, 0.4) is 0 Å². The van der Waals surface area contributed by atoms with Crippen LogP contribution in [0.15, 0.2) is 42.5 Å². The zero-order valence-corrected chi connectivity index (χ0v) is 24.1. The second-order valence-electron chi connectivity index (χ2n) is 9.86. The van der Waals surface area contributed by atoms with Gasteiger partial charge in [0.25, 0.3) is 0 Å². The van der Waals surface area contributed by atoms with Gasteiger partial charge in [0.05, 0.1) is 19.1 Å². The molecule has 1 N–H and O–H groups in total. The summed E-state index contributed by atoms with van der Waals surface area (Å²) in [4.78, 5) is 28.9. The van der Waals surface area contributed by atoms with E-state index in [1.165, 1.54) is 18.1 Å². The predicted octanol–water partition coefficient (Wildman–Crippen LogP) is 4.68. The van der Waals surface area contributed by atoms with Gasteiger partial charge in [-0.05, 0) is 49.9 Å². The Labute approximate surface area is 231 Å². The number of hydrogen-bond acceptors (Lipinski definition) is 5. The van der Waals surface area contributed by atoms with E-state index in [1.807, 2.05) is 38.1 Å². The fourth-order valence-electron chi connectivity index (χ4n) is 4.92. The van der Waals surface area contributed by atoms with Gasteiger partial charge >= 0.3 is 0 Å². The van der Waals surface area contributed by atoms with Gasteiger partial charge in [-0.1, -0.05) is 67.6 Å². The summed E-state index contributed by atoms with van der Waals surface area (Å²) < 4.78 is 32.1. The summed E-state index contributed by atoms with van der Waals surface area (Å²) in [6.07, 6.45) is 6.55. The molecule has 38 heavy (non-hydrogen) atoms. The summed E-state index contributed by atoms with van der Waals surface area (Å²) >= 11 is 6.17. The smallest absolute Gasteiger partial charge is 0.244 e. The average molecular weight is 564 g/mol. The van der Waals surface area contributed by atoms with E-state index in [1.54, 1.807) is 12.1 Å². The third-order valence-electron chi connectivity index (χ3n) is 6.86. The first-order valence-electron chi connectivity index (χ1n) is 13.0. The van der Waals surface area contributed by atoms with Crippen molar-refractivity contribution in [3.05, 3.63) is 58.6 Å². The largest absolute Gasteiger partial charge is 0.495 e. The van der Waals surface area contributed by atoms with Gasteiger partial charge in [0.15, 0.2) is 0 Å². The molecule has 0 unspecified atom stereocenters. The predicted molar refractivity (Wildman–Crippen MR) is 151 cm³/mol. The van der Waals surface area contributed by atoms with E-state index in [9.17, 15) is 18.0 Å². The Morgan fingerprint density at radius 1 is 1.13 bits per heavy atom. The van der Waals surface area contributed by atoms with Crippen LogP contribution >= 0.6 is 11.6 Å². The van der Waals surface area contributed by atoms with Crippen molar-refractivity contribution in [1.29, 1.82) is 0 Å². The summed E-state index contributed by atoms with van der Waals surface area (Å²) in [5.41, 5.74) is 2.04. The topological polar surface area (TPSA) is 96.0 Å². The van der Waals surface area contributed by atoms with Gasteiger partial charge in [-0.3, -0.25) is 13.9 Å². The molecule has 8 nitrogen and oxygen atoms in total. The van der Waals surface area contributed by atoms with Crippen LogP contribution in [0.25, 0.3) is 0 Å². The summed E-state index contributed by atoms with van der Waals surface area (Å²) in [6, 6.07) is 11.6. The quantitative estimate of drug-likeness (QED) is 0.428. The van der Waals surface area contributed by atoms with E-state index in [0.717, 1.165) is 53.8 Å². The molecular weight excluding hydrogens is 526 g/mol. The Morgan fingerprint density at radius 2 is 1.84 bits per heavy atom. The van der Waals surface area contributed by atoms with Crippen molar-refractivity contribution in [2.45, 2.75) is 71.0 Å². The van der Waals surface area contributed by atoms with E-state index in [-0.39, 0.29) is 29.9 Å². The Hall–Kier alpha value is -2.78. The first-order valence-corrected chi connectivity index (χ1v) is 15.2. The van der Waals surface area contributed by atoms with Gasteiger partial charge < -0.3 is 15.0 Å². The van der Waals surface area contributed by atoms with Crippen molar-refractivity contribution in [3.63, 3.8) is 0 Å². The van der Waals surface area contributed by atoms with Crippen LogP contribution < -0.4 is 14.4 Å². The molecule has 0 saturated heterocycles. The maximum Gasteiger partial charge on any atom is 0.244 e. The minimum Gasteiger partial charge on any atom is -0.495 e. The van der Waals surface area contributed by atoms with Gasteiger partial charge in [0, 0.05) is 17.6 Å². The Balaban J connectivity index is 1.96. The number of rotatable bonds is 11. The van der Waals surface area contributed by atoms with E-state index in [4.69, 9.17) is 16.3 Å². The van der Waals surface area contributed by atoms with E-state index < -0.39 is 28.5 Å². The molecule has 0 radical (unpaired) electrons. The van der Waals surface area contributed by atoms with Gasteiger partial charge in [-0.25, -0.2) is 8.42 Å². The van der Waals surface area contributed by atoms with Gasteiger partial charge in [-0.15, -0.1) is 0 Å². The van der Waals surface area contributed by atoms with Crippen LogP contribution in [0.1, 0.15) is 56.6 Å². The van der Waals surface area contributed by atoms with Gasteiger partial charge in [0.2, 0.25) is 21.8 Å². The standard InChI is InChI=1S/C28H38ClN3O5S/c1-5-24(28(34)30-23-12-7-6-8-13-23)31(18-21-11-9-10-20(2)16-21)27(33)19-32(38(4,35)36)25-17-22(29)14-15-26(25)37-3/h9-11,14-17,23-24H,5-8,12-13,18-19H2,1-4H3,(H,30,34)/t24-/m1/s1. The number of hydrogen-bond donors (Lipinski definition) is 1. The molecule has 2 aromatic rings. The van der Waals surface area contributed by atoms with Crippen molar-refractivity contribution in [1.82, 2.24) is 10.2 Å². The summed E-state index contributed by atoms with van der Waals surface area (Å²) in [5, 5.41) is 3.44. The number of carbonyl (C=O) groups excluding carboxylic acids is 2. The maximum absolute atomic E-state index is 13.9. The second kappa shape index (κ2) is 13.3. The molecule has 1 fully saturated rings. The van der Waals surface area contributed by atoms with Crippen LogP contribution in [-0.4, -0.2) is 57.1 Å². The minimum absolute atomic E-state index is 0.0875. The fraction of sp³-hybridized carbons (Fsp3) is 0.500. The van der Waals surface area contributed by atoms with Crippen molar-refractivity contribution < 1.29 is 22.7 Å². The lowest BCUT2D eigenvalue weighted by Crippen LogP contribution is -2.54. The third kappa shape index (κ3) is 7.86. The highest BCUT2D eigenvalue weighted by Gasteiger charge is 2.33. The minimum atomic E-state index is -3.90.